The number of rotatable bonds is 6. The van der Waals surface area contributed by atoms with Gasteiger partial charge >= 0.3 is 5.97 Å². The molecule has 4 aromatic rings. The van der Waals surface area contributed by atoms with Gasteiger partial charge in [-0.25, -0.2) is 4.79 Å². The van der Waals surface area contributed by atoms with E-state index in [4.69, 9.17) is 10.2 Å². The molecular weight excluding hydrogens is 442 g/mol. The highest BCUT2D eigenvalue weighted by Crippen LogP contribution is 2.33. The van der Waals surface area contributed by atoms with E-state index in [9.17, 15) is 14.7 Å². The first-order valence-corrected chi connectivity index (χ1v) is 11.2. The molecule has 0 amide bonds. The number of para-hydroxylation sites is 1. The molecule has 7 nitrogen and oxygen atoms in total. The van der Waals surface area contributed by atoms with Gasteiger partial charge in [-0.1, -0.05) is 18.2 Å². The van der Waals surface area contributed by atoms with Gasteiger partial charge in [0.15, 0.2) is 5.43 Å². The number of nitrogen functional groups attached to an aromatic ring is 1. The minimum absolute atomic E-state index is 0.119. The van der Waals surface area contributed by atoms with Gasteiger partial charge in [-0.3, -0.25) is 9.79 Å². The first-order valence-electron chi connectivity index (χ1n) is 11.2. The summed E-state index contributed by atoms with van der Waals surface area (Å²) in [7, 11) is 1.67. The third kappa shape index (κ3) is 4.53. The van der Waals surface area contributed by atoms with E-state index in [1.54, 1.807) is 50.5 Å². The molecule has 0 saturated carbocycles. The lowest BCUT2D eigenvalue weighted by atomic mass is 9.98. The maximum Gasteiger partial charge on any atom is 0.337 e. The van der Waals surface area contributed by atoms with Crippen molar-refractivity contribution >= 4 is 34.5 Å². The largest absolute Gasteiger partial charge is 0.478 e. The molecule has 0 unspecified atom stereocenters. The Kier molecular flexibility index (Phi) is 6.42. The molecule has 0 aliphatic heterocycles. The lowest BCUT2D eigenvalue weighted by Gasteiger charge is -2.20. The number of hydrogen-bond acceptors (Lipinski definition) is 6. The quantitative estimate of drug-likeness (QED) is 0.251. The Morgan fingerprint density at radius 1 is 1.14 bits per heavy atom. The third-order valence-corrected chi connectivity index (χ3v) is 6.01. The highest BCUT2D eigenvalue weighted by Gasteiger charge is 2.20. The van der Waals surface area contributed by atoms with Crippen LogP contribution in [0.15, 0.2) is 68.8 Å². The minimum atomic E-state index is -1.02. The number of nitrogens with two attached hydrogens (primary N) is 1. The Bertz CT molecular complexity index is 1540. The summed E-state index contributed by atoms with van der Waals surface area (Å²) in [5, 5.41) is 13.3. The predicted octanol–water partition coefficient (Wildman–Crippen LogP) is 5.58. The molecule has 1 atom stereocenters. The van der Waals surface area contributed by atoms with E-state index >= 15 is 0 Å². The summed E-state index contributed by atoms with van der Waals surface area (Å²) in [6.45, 7) is 5.57. The molecule has 0 fully saturated rings. The van der Waals surface area contributed by atoms with Crippen molar-refractivity contribution in [2.24, 2.45) is 4.99 Å². The third-order valence-electron chi connectivity index (χ3n) is 6.01. The smallest absolute Gasteiger partial charge is 0.337 e. The van der Waals surface area contributed by atoms with Crippen molar-refractivity contribution in [1.82, 2.24) is 0 Å². The number of nitrogens with zero attached hydrogens (tertiary/aromatic N) is 1. The topological polar surface area (TPSA) is 118 Å². The number of carboxylic acid groups (broad SMARTS) is 1. The number of anilines is 2. The van der Waals surface area contributed by atoms with Crippen LogP contribution in [0.4, 0.5) is 11.4 Å². The first-order chi connectivity index (χ1) is 16.7. The molecule has 0 aliphatic rings. The van der Waals surface area contributed by atoms with E-state index in [-0.39, 0.29) is 17.0 Å². The Morgan fingerprint density at radius 2 is 1.89 bits per heavy atom. The summed E-state index contributed by atoms with van der Waals surface area (Å²) in [5.41, 5.74) is 11.2. The molecule has 0 saturated heterocycles. The van der Waals surface area contributed by atoms with Crippen molar-refractivity contribution in [1.29, 1.82) is 0 Å². The number of aromatic carboxylic acids is 1. The number of aliphatic imine (C=N–C) groups is 1. The van der Waals surface area contributed by atoms with Crippen LogP contribution in [-0.2, 0) is 0 Å². The van der Waals surface area contributed by atoms with Gasteiger partial charge in [-0.05, 0) is 62.7 Å². The first kappa shape index (κ1) is 23.8. The van der Waals surface area contributed by atoms with Gasteiger partial charge in [0.05, 0.1) is 17.0 Å². The molecule has 0 bridgehead atoms. The summed E-state index contributed by atoms with van der Waals surface area (Å²) in [6, 6.07) is 15.6. The van der Waals surface area contributed by atoms with E-state index < -0.39 is 5.97 Å². The van der Waals surface area contributed by atoms with Gasteiger partial charge in [-0.2, -0.15) is 0 Å². The van der Waals surface area contributed by atoms with Gasteiger partial charge in [0.25, 0.3) is 0 Å². The van der Waals surface area contributed by atoms with Crippen LogP contribution in [-0.4, -0.2) is 24.3 Å². The SMILES string of the molecule is CN=Cc1cc(-c2oc3c([C@H](C)Nc4ccccc4C(=O)O)cc(C)cc3c(=O)c2C)ccc1N. The van der Waals surface area contributed by atoms with E-state index in [1.165, 1.54) is 0 Å². The molecule has 4 N–H and O–H groups in total. The zero-order valence-electron chi connectivity index (χ0n) is 20.0. The van der Waals surface area contributed by atoms with Crippen LogP contribution in [0.3, 0.4) is 0 Å². The van der Waals surface area contributed by atoms with Crippen molar-refractivity contribution in [3.05, 3.63) is 92.6 Å². The van der Waals surface area contributed by atoms with Crippen molar-refractivity contribution in [2.75, 3.05) is 18.1 Å². The Balaban J connectivity index is 1.90. The maximum absolute atomic E-state index is 13.4. The molecule has 1 heterocycles. The highest BCUT2D eigenvalue weighted by atomic mass is 16.4. The number of carbonyl (C=O) groups is 1. The summed E-state index contributed by atoms with van der Waals surface area (Å²) in [5.74, 6) is -0.565. The number of nitrogens with one attached hydrogen (secondary N) is 1. The van der Waals surface area contributed by atoms with Crippen molar-refractivity contribution in [3.8, 4) is 11.3 Å². The lowest BCUT2D eigenvalue weighted by molar-refractivity contribution is 0.0698. The summed E-state index contributed by atoms with van der Waals surface area (Å²) < 4.78 is 6.41. The predicted molar refractivity (Wildman–Crippen MR) is 141 cm³/mol. The van der Waals surface area contributed by atoms with Gasteiger partial charge in [-0.15, -0.1) is 0 Å². The van der Waals surface area contributed by atoms with Crippen LogP contribution >= 0.6 is 0 Å². The summed E-state index contributed by atoms with van der Waals surface area (Å²) in [6.07, 6.45) is 1.66. The highest BCUT2D eigenvalue weighted by molar-refractivity contribution is 5.94. The van der Waals surface area contributed by atoms with E-state index in [0.29, 0.717) is 39.2 Å². The van der Waals surface area contributed by atoms with E-state index in [2.05, 4.69) is 10.3 Å². The van der Waals surface area contributed by atoms with Gasteiger partial charge in [0, 0.05) is 46.9 Å². The Morgan fingerprint density at radius 3 is 2.60 bits per heavy atom. The molecule has 4 rings (SSSR count). The molecule has 1 aromatic heterocycles. The number of carboxylic acids is 1. The molecule has 0 radical (unpaired) electrons. The fraction of sp³-hybridized carbons (Fsp3) is 0.179. The van der Waals surface area contributed by atoms with E-state index in [1.807, 2.05) is 38.1 Å². The minimum Gasteiger partial charge on any atom is -0.478 e. The van der Waals surface area contributed by atoms with Gasteiger partial charge in [0.2, 0.25) is 0 Å². The second-order valence-corrected chi connectivity index (χ2v) is 8.56. The molecule has 0 spiro atoms. The Labute approximate surface area is 202 Å². The molecule has 0 aliphatic carbocycles. The van der Waals surface area contributed by atoms with Crippen molar-refractivity contribution in [2.45, 2.75) is 26.8 Å². The molecule has 35 heavy (non-hydrogen) atoms. The Hall–Kier alpha value is -4.39. The summed E-state index contributed by atoms with van der Waals surface area (Å²) in [4.78, 5) is 29.1. The van der Waals surface area contributed by atoms with Crippen LogP contribution in [0.1, 0.15) is 45.6 Å². The molecule has 7 heteroatoms. The van der Waals surface area contributed by atoms with Crippen molar-refractivity contribution < 1.29 is 14.3 Å². The fourth-order valence-corrected chi connectivity index (χ4v) is 4.24. The second kappa shape index (κ2) is 9.46. The zero-order chi connectivity index (χ0) is 25.3. The zero-order valence-corrected chi connectivity index (χ0v) is 20.0. The standard InChI is InChI=1S/C28H27N3O4/c1-15-11-21(17(3)31-24-8-6-5-7-20(24)28(33)34)27-22(12-15)25(32)16(2)26(35-27)18-9-10-23(29)19(13-18)14-30-4/h5-14,17,31H,29H2,1-4H3,(H,33,34)/t17-/m0/s1. The normalized spacial score (nSPS) is 12.2. The van der Waals surface area contributed by atoms with Crippen LogP contribution in [0, 0.1) is 13.8 Å². The summed E-state index contributed by atoms with van der Waals surface area (Å²) >= 11 is 0. The number of benzene rings is 3. The van der Waals surface area contributed by atoms with Crippen LogP contribution in [0.25, 0.3) is 22.3 Å². The van der Waals surface area contributed by atoms with Crippen LogP contribution in [0.2, 0.25) is 0 Å². The average Bonchev–Trinajstić information content (AvgIpc) is 2.83. The fourth-order valence-electron chi connectivity index (χ4n) is 4.24. The lowest BCUT2D eigenvalue weighted by Crippen LogP contribution is -2.14. The van der Waals surface area contributed by atoms with Crippen molar-refractivity contribution in [3.63, 3.8) is 0 Å². The van der Waals surface area contributed by atoms with Gasteiger partial charge in [0.1, 0.15) is 11.3 Å². The molecule has 178 valence electrons. The average molecular weight is 470 g/mol. The second-order valence-electron chi connectivity index (χ2n) is 8.56. The number of aryl methyl sites for hydroxylation is 1. The molecular formula is C28H27N3O4. The molecule has 3 aromatic carbocycles. The maximum atomic E-state index is 13.4. The van der Waals surface area contributed by atoms with Crippen LogP contribution in [0.5, 0.6) is 0 Å². The van der Waals surface area contributed by atoms with E-state index in [0.717, 1.165) is 16.7 Å². The number of fused-ring (bicyclic) bond motifs is 1. The number of hydrogen-bond donors (Lipinski definition) is 3. The van der Waals surface area contributed by atoms with Crippen LogP contribution < -0.4 is 16.5 Å². The monoisotopic (exact) mass is 469 g/mol. The van der Waals surface area contributed by atoms with Gasteiger partial charge < -0.3 is 20.6 Å².